The van der Waals surface area contributed by atoms with E-state index in [1.807, 2.05) is 6.92 Å². The van der Waals surface area contributed by atoms with Crippen LogP contribution in [0.4, 0.5) is 0 Å². The number of amides is 2. The SMILES string of the molecule is C[C@@H]1CNC[C@H]1C(=O)NOCC(N)=O. The van der Waals surface area contributed by atoms with Crippen molar-refractivity contribution in [1.82, 2.24) is 10.8 Å². The molecule has 0 aromatic carbocycles. The Morgan fingerprint density at radius 3 is 2.79 bits per heavy atom. The van der Waals surface area contributed by atoms with Gasteiger partial charge in [0, 0.05) is 6.54 Å². The van der Waals surface area contributed by atoms with Crippen molar-refractivity contribution < 1.29 is 14.4 Å². The van der Waals surface area contributed by atoms with Gasteiger partial charge in [-0.25, -0.2) is 5.48 Å². The predicted octanol–water partition coefficient (Wildman–Crippen LogP) is -1.62. The van der Waals surface area contributed by atoms with E-state index >= 15 is 0 Å². The molecule has 14 heavy (non-hydrogen) atoms. The molecular weight excluding hydrogens is 186 g/mol. The van der Waals surface area contributed by atoms with Gasteiger partial charge in [0.15, 0.2) is 6.61 Å². The molecule has 1 fully saturated rings. The van der Waals surface area contributed by atoms with E-state index in [1.165, 1.54) is 0 Å². The number of primary amides is 1. The third-order valence-electron chi connectivity index (χ3n) is 2.24. The number of nitrogens with two attached hydrogens (primary N) is 1. The second-order valence-corrected chi connectivity index (χ2v) is 3.46. The van der Waals surface area contributed by atoms with Gasteiger partial charge in [0.05, 0.1) is 5.92 Å². The molecule has 0 aliphatic carbocycles. The Balaban J connectivity index is 2.24. The summed E-state index contributed by atoms with van der Waals surface area (Å²) in [4.78, 5) is 26.3. The van der Waals surface area contributed by atoms with E-state index in [9.17, 15) is 9.59 Å². The van der Waals surface area contributed by atoms with E-state index in [0.717, 1.165) is 6.54 Å². The molecule has 2 atom stereocenters. The molecule has 0 aromatic heterocycles. The minimum absolute atomic E-state index is 0.0946. The van der Waals surface area contributed by atoms with E-state index in [2.05, 4.69) is 15.6 Å². The number of hydroxylamine groups is 1. The first-order chi connectivity index (χ1) is 6.61. The molecule has 0 saturated carbocycles. The van der Waals surface area contributed by atoms with Crippen LogP contribution < -0.4 is 16.5 Å². The molecule has 0 aromatic rings. The van der Waals surface area contributed by atoms with Crippen LogP contribution in [0.3, 0.4) is 0 Å². The van der Waals surface area contributed by atoms with Gasteiger partial charge in [0.25, 0.3) is 0 Å². The van der Waals surface area contributed by atoms with Gasteiger partial charge in [0.2, 0.25) is 11.8 Å². The lowest BCUT2D eigenvalue weighted by Gasteiger charge is -2.13. The van der Waals surface area contributed by atoms with E-state index in [0.29, 0.717) is 6.54 Å². The maximum atomic E-state index is 11.4. The normalized spacial score (nSPS) is 26.1. The first kappa shape index (κ1) is 10.9. The van der Waals surface area contributed by atoms with Crippen molar-refractivity contribution in [2.24, 2.45) is 17.6 Å². The van der Waals surface area contributed by atoms with Crippen LogP contribution in [0.2, 0.25) is 0 Å². The summed E-state index contributed by atoms with van der Waals surface area (Å²) < 4.78 is 0. The highest BCUT2D eigenvalue weighted by Crippen LogP contribution is 2.15. The molecule has 1 aliphatic heterocycles. The summed E-state index contributed by atoms with van der Waals surface area (Å²) in [7, 11) is 0. The zero-order valence-corrected chi connectivity index (χ0v) is 8.08. The summed E-state index contributed by atoms with van der Waals surface area (Å²) in [5.41, 5.74) is 7.04. The van der Waals surface area contributed by atoms with Crippen molar-refractivity contribution in [2.75, 3.05) is 19.7 Å². The summed E-state index contributed by atoms with van der Waals surface area (Å²) in [5, 5.41) is 3.09. The Morgan fingerprint density at radius 1 is 1.57 bits per heavy atom. The number of hydrogen-bond acceptors (Lipinski definition) is 4. The van der Waals surface area contributed by atoms with Gasteiger partial charge in [-0.3, -0.25) is 14.4 Å². The van der Waals surface area contributed by atoms with Gasteiger partial charge >= 0.3 is 0 Å². The van der Waals surface area contributed by atoms with Gasteiger partial charge in [-0.2, -0.15) is 0 Å². The van der Waals surface area contributed by atoms with E-state index < -0.39 is 5.91 Å². The smallest absolute Gasteiger partial charge is 0.248 e. The van der Waals surface area contributed by atoms with Crippen LogP contribution in [0, 0.1) is 11.8 Å². The fourth-order valence-corrected chi connectivity index (χ4v) is 1.42. The first-order valence-electron chi connectivity index (χ1n) is 4.52. The molecule has 6 nitrogen and oxygen atoms in total. The summed E-state index contributed by atoms with van der Waals surface area (Å²) in [6.45, 7) is 3.17. The topological polar surface area (TPSA) is 93.4 Å². The Hall–Kier alpha value is -1.14. The maximum absolute atomic E-state index is 11.4. The average molecular weight is 201 g/mol. The predicted molar refractivity (Wildman–Crippen MR) is 48.8 cm³/mol. The average Bonchev–Trinajstić information content (AvgIpc) is 2.50. The zero-order chi connectivity index (χ0) is 10.6. The van der Waals surface area contributed by atoms with Crippen LogP contribution in [0.1, 0.15) is 6.92 Å². The lowest BCUT2D eigenvalue weighted by molar-refractivity contribution is -0.141. The van der Waals surface area contributed by atoms with Gasteiger partial charge in [-0.05, 0) is 12.5 Å². The van der Waals surface area contributed by atoms with Crippen LogP contribution in [0.25, 0.3) is 0 Å². The van der Waals surface area contributed by atoms with Crippen LogP contribution in [-0.2, 0) is 14.4 Å². The minimum atomic E-state index is -0.608. The van der Waals surface area contributed by atoms with Crippen LogP contribution in [0.5, 0.6) is 0 Å². The van der Waals surface area contributed by atoms with Crippen molar-refractivity contribution in [3.05, 3.63) is 0 Å². The molecule has 1 heterocycles. The van der Waals surface area contributed by atoms with Crippen LogP contribution in [-0.4, -0.2) is 31.5 Å². The van der Waals surface area contributed by atoms with Crippen LogP contribution >= 0.6 is 0 Å². The number of carbonyl (C=O) groups excluding carboxylic acids is 2. The lowest BCUT2D eigenvalue weighted by atomic mass is 9.98. The summed E-state index contributed by atoms with van der Waals surface area (Å²) >= 11 is 0. The lowest BCUT2D eigenvalue weighted by Crippen LogP contribution is -2.36. The van der Waals surface area contributed by atoms with Gasteiger partial charge in [-0.15, -0.1) is 0 Å². The number of rotatable bonds is 4. The van der Waals surface area contributed by atoms with Crippen molar-refractivity contribution in [3.63, 3.8) is 0 Å². The molecule has 0 spiro atoms. The summed E-state index contributed by atoms with van der Waals surface area (Å²) in [5.74, 6) is -0.623. The molecule has 6 heteroatoms. The van der Waals surface area contributed by atoms with Gasteiger partial charge in [0.1, 0.15) is 0 Å². The number of hydrogen-bond donors (Lipinski definition) is 3. The second kappa shape index (κ2) is 4.92. The third kappa shape index (κ3) is 2.97. The Labute approximate surface area is 82.1 Å². The monoisotopic (exact) mass is 201 g/mol. The maximum Gasteiger partial charge on any atom is 0.248 e. The molecule has 0 bridgehead atoms. The van der Waals surface area contributed by atoms with Gasteiger partial charge in [-0.1, -0.05) is 6.92 Å². The van der Waals surface area contributed by atoms with E-state index in [4.69, 9.17) is 5.73 Å². The summed E-state index contributed by atoms with van der Waals surface area (Å²) in [6.07, 6.45) is 0. The first-order valence-corrected chi connectivity index (χ1v) is 4.52. The van der Waals surface area contributed by atoms with Crippen molar-refractivity contribution in [2.45, 2.75) is 6.92 Å². The highest BCUT2D eigenvalue weighted by molar-refractivity contribution is 5.79. The molecule has 1 aliphatic rings. The Kier molecular flexibility index (Phi) is 3.84. The highest BCUT2D eigenvalue weighted by atomic mass is 16.7. The molecule has 0 unspecified atom stereocenters. The summed E-state index contributed by atoms with van der Waals surface area (Å²) in [6, 6.07) is 0. The van der Waals surface area contributed by atoms with Gasteiger partial charge < -0.3 is 11.1 Å². The molecule has 1 saturated heterocycles. The largest absolute Gasteiger partial charge is 0.368 e. The van der Waals surface area contributed by atoms with Crippen LogP contribution in [0.15, 0.2) is 0 Å². The molecule has 80 valence electrons. The second-order valence-electron chi connectivity index (χ2n) is 3.46. The fraction of sp³-hybridized carbons (Fsp3) is 0.750. The Morgan fingerprint density at radius 2 is 2.29 bits per heavy atom. The zero-order valence-electron chi connectivity index (χ0n) is 8.08. The van der Waals surface area contributed by atoms with Crippen molar-refractivity contribution >= 4 is 11.8 Å². The molecule has 2 amide bonds. The fourth-order valence-electron chi connectivity index (χ4n) is 1.42. The quantitative estimate of drug-likeness (QED) is 0.476. The molecular formula is C8H15N3O3. The standard InChI is InChI=1S/C8H15N3O3/c1-5-2-10-3-6(5)8(13)11-14-4-7(9)12/h5-6,10H,2-4H2,1H3,(H2,9,12)(H,11,13)/t5-,6-/m1/s1. The van der Waals surface area contributed by atoms with Crippen molar-refractivity contribution in [3.8, 4) is 0 Å². The van der Waals surface area contributed by atoms with Crippen molar-refractivity contribution in [1.29, 1.82) is 0 Å². The molecule has 0 radical (unpaired) electrons. The number of carbonyl (C=O) groups is 2. The Bertz CT molecular complexity index is 232. The number of nitrogens with one attached hydrogen (secondary N) is 2. The minimum Gasteiger partial charge on any atom is -0.368 e. The third-order valence-corrected chi connectivity index (χ3v) is 2.24. The molecule has 4 N–H and O–H groups in total. The highest BCUT2D eigenvalue weighted by Gasteiger charge is 2.29. The van der Waals surface area contributed by atoms with E-state index in [-0.39, 0.29) is 24.3 Å². The molecule has 1 rings (SSSR count). The van der Waals surface area contributed by atoms with E-state index in [1.54, 1.807) is 0 Å².